The van der Waals surface area contributed by atoms with Crippen LogP contribution in [0.5, 0.6) is 0 Å². The summed E-state index contributed by atoms with van der Waals surface area (Å²) >= 11 is 0. The number of halogens is 2. The Hall–Kier alpha value is -1.33. The summed E-state index contributed by atoms with van der Waals surface area (Å²) < 4.78 is 5.25. The topological polar surface area (TPSA) is 64.1 Å². The highest BCUT2D eigenvalue weighted by atomic mass is 35.5. The van der Waals surface area contributed by atoms with Crippen LogP contribution >= 0.6 is 24.8 Å². The fraction of sp³-hybridized carbons (Fsp3) is 0.389. The van der Waals surface area contributed by atoms with Crippen molar-refractivity contribution in [2.75, 3.05) is 0 Å². The van der Waals surface area contributed by atoms with Gasteiger partial charge in [0.15, 0.2) is 0 Å². The molecule has 2 atom stereocenters. The van der Waals surface area contributed by atoms with Gasteiger partial charge in [-0.15, -0.1) is 24.8 Å². The predicted molar refractivity (Wildman–Crippen MR) is 102 cm³/mol. The van der Waals surface area contributed by atoms with Gasteiger partial charge in [-0.3, -0.25) is 0 Å². The van der Waals surface area contributed by atoms with Crippen molar-refractivity contribution in [3.8, 4) is 0 Å². The Morgan fingerprint density at radius 3 is 2.71 bits per heavy atom. The minimum Gasteiger partial charge on any atom is -0.447 e. The van der Waals surface area contributed by atoms with Gasteiger partial charge < -0.3 is 15.5 Å². The number of nitrogens with zero attached hydrogens (tertiary/aromatic N) is 1. The molecule has 1 heterocycles. The van der Waals surface area contributed by atoms with Gasteiger partial charge in [-0.25, -0.2) is 4.98 Å². The van der Waals surface area contributed by atoms with E-state index in [1.54, 1.807) is 6.26 Å². The summed E-state index contributed by atoms with van der Waals surface area (Å²) in [4.78, 5) is 4.32. The molecule has 24 heavy (non-hydrogen) atoms. The first-order valence-electron chi connectivity index (χ1n) is 7.92. The average molecular weight is 370 g/mol. The molecule has 0 saturated heterocycles. The van der Waals surface area contributed by atoms with E-state index in [9.17, 15) is 0 Å². The number of hydrogen-bond donors (Lipinski definition) is 2. The molecule has 3 rings (SSSR count). The number of hydrogen-bond acceptors (Lipinski definition) is 4. The van der Waals surface area contributed by atoms with Crippen LogP contribution < -0.4 is 11.1 Å². The summed E-state index contributed by atoms with van der Waals surface area (Å²) in [5.74, 6) is 1.24. The zero-order valence-corrected chi connectivity index (χ0v) is 15.4. The van der Waals surface area contributed by atoms with Crippen molar-refractivity contribution >= 4 is 30.9 Å². The van der Waals surface area contributed by atoms with E-state index >= 15 is 0 Å². The van der Waals surface area contributed by atoms with Gasteiger partial charge >= 0.3 is 0 Å². The van der Waals surface area contributed by atoms with Crippen LogP contribution in [0.1, 0.15) is 36.9 Å². The fourth-order valence-corrected chi connectivity index (χ4v) is 2.82. The van der Waals surface area contributed by atoms with Crippen LogP contribution in [-0.2, 0) is 13.1 Å². The first-order chi connectivity index (χ1) is 10.8. The van der Waals surface area contributed by atoms with Crippen molar-refractivity contribution in [3.05, 3.63) is 59.3 Å². The smallest absolute Gasteiger partial charge is 0.208 e. The van der Waals surface area contributed by atoms with Crippen LogP contribution in [0.25, 0.3) is 6.08 Å². The standard InChI is InChI=1S/C18H23N3O.2ClH/c1-2-14(8-13-6-4-3-5-7-13)16-9-17(16)20-11-15-12-22-18(10-19)21-15;;/h3-8,12,16-17,20H,2,9-11,19H2,1H3;2*1H/b14-8+;;/t16-,17+;;/m0../s1. The molecule has 2 aromatic rings. The lowest BCUT2D eigenvalue weighted by Gasteiger charge is -2.05. The van der Waals surface area contributed by atoms with Crippen molar-refractivity contribution in [1.82, 2.24) is 10.3 Å². The second-order valence-electron chi connectivity index (χ2n) is 5.75. The Morgan fingerprint density at radius 2 is 2.08 bits per heavy atom. The molecule has 0 aliphatic heterocycles. The van der Waals surface area contributed by atoms with E-state index in [0.717, 1.165) is 18.7 Å². The van der Waals surface area contributed by atoms with E-state index in [1.165, 1.54) is 17.6 Å². The molecule has 0 radical (unpaired) electrons. The van der Waals surface area contributed by atoms with Gasteiger partial charge in [-0.2, -0.15) is 0 Å². The van der Waals surface area contributed by atoms with Crippen molar-refractivity contribution < 1.29 is 4.42 Å². The SMILES string of the molecule is CC/C(=C\c1ccccc1)[C@@H]1C[C@H]1NCc1coc(CN)n1.Cl.Cl. The molecular formula is C18H25Cl2N3O. The van der Waals surface area contributed by atoms with Crippen LogP contribution in [0.3, 0.4) is 0 Å². The van der Waals surface area contributed by atoms with Crippen LogP contribution in [0.15, 0.2) is 46.6 Å². The third-order valence-electron chi connectivity index (χ3n) is 4.15. The number of nitrogens with one attached hydrogen (secondary N) is 1. The molecule has 0 spiro atoms. The molecule has 132 valence electrons. The first-order valence-corrected chi connectivity index (χ1v) is 7.92. The zero-order valence-electron chi connectivity index (χ0n) is 13.8. The minimum absolute atomic E-state index is 0. The van der Waals surface area contributed by atoms with Crippen molar-refractivity contribution in [2.24, 2.45) is 11.7 Å². The lowest BCUT2D eigenvalue weighted by Crippen LogP contribution is -2.18. The summed E-state index contributed by atoms with van der Waals surface area (Å²) in [5, 5.41) is 3.56. The molecule has 4 nitrogen and oxygen atoms in total. The van der Waals surface area contributed by atoms with Gasteiger partial charge in [-0.1, -0.05) is 48.9 Å². The van der Waals surface area contributed by atoms with E-state index in [1.807, 2.05) is 0 Å². The predicted octanol–water partition coefficient (Wildman–Crippen LogP) is 3.95. The van der Waals surface area contributed by atoms with Gasteiger partial charge in [0, 0.05) is 12.6 Å². The van der Waals surface area contributed by atoms with Crippen molar-refractivity contribution in [1.29, 1.82) is 0 Å². The molecular weight excluding hydrogens is 345 g/mol. The molecule has 0 amide bonds. The lowest BCUT2D eigenvalue weighted by atomic mass is 10.0. The molecule has 1 fully saturated rings. The van der Waals surface area contributed by atoms with Crippen molar-refractivity contribution in [3.63, 3.8) is 0 Å². The highest BCUT2D eigenvalue weighted by Crippen LogP contribution is 2.39. The maximum atomic E-state index is 5.50. The lowest BCUT2D eigenvalue weighted by molar-refractivity contribution is 0.497. The number of nitrogens with two attached hydrogens (primary N) is 1. The van der Waals surface area contributed by atoms with Crippen LogP contribution in [0.2, 0.25) is 0 Å². The summed E-state index contributed by atoms with van der Waals surface area (Å²) in [6, 6.07) is 11.1. The van der Waals surface area contributed by atoms with E-state index in [0.29, 0.717) is 24.4 Å². The summed E-state index contributed by atoms with van der Waals surface area (Å²) in [6.07, 6.45) is 6.31. The normalized spacial score (nSPS) is 19.3. The fourth-order valence-electron chi connectivity index (χ4n) is 2.82. The van der Waals surface area contributed by atoms with Gasteiger partial charge in [0.2, 0.25) is 5.89 Å². The van der Waals surface area contributed by atoms with Crippen LogP contribution in [0, 0.1) is 5.92 Å². The first kappa shape index (κ1) is 20.7. The third-order valence-corrected chi connectivity index (χ3v) is 4.15. The Morgan fingerprint density at radius 1 is 1.33 bits per heavy atom. The van der Waals surface area contributed by atoms with Crippen molar-refractivity contribution in [2.45, 2.75) is 38.9 Å². The number of oxazole rings is 1. The zero-order chi connectivity index (χ0) is 15.4. The largest absolute Gasteiger partial charge is 0.447 e. The number of aromatic nitrogens is 1. The molecule has 1 saturated carbocycles. The Bertz CT molecular complexity index is 643. The molecule has 0 bridgehead atoms. The maximum Gasteiger partial charge on any atom is 0.208 e. The molecule has 1 aromatic carbocycles. The second kappa shape index (κ2) is 9.84. The molecule has 1 aliphatic carbocycles. The molecule has 3 N–H and O–H groups in total. The summed E-state index contributed by atoms with van der Waals surface area (Å²) in [6.45, 7) is 3.33. The Labute approximate surface area is 155 Å². The quantitative estimate of drug-likeness (QED) is 0.775. The van der Waals surface area contributed by atoms with Gasteiger partial charge in [-0.05, 0) is 24.3 Å². The van der Waals surface area contributed by atoms with E-state index in [2.05, 4.69) is 53.6 Å². The van der Waals surface area contributed by atoms with Gasteiger partial charge in [0.1, 0.15) is 6.26 Å². The second-order valence-corrected chi connectivity index (χ2v) is 5.75. The molecule has 0 unspecified atom stereocenters. The van der Waals surface area contributed by atoms with Crippen LogP contribution in [0.4, 0.5) is 0 Å². The minimum atomic E-state index is 0. The molecule has 6 heteroatoms. The van der Waals surface area contributed by atoms with Gasteiger partial charge in [0.25, 0.3) is 0 Å². The van der Waals surface area contributed by atoms with Crippen LogP contribution in [-0.4, -0.2) is 11.0 Å². The average Bonchev–Trinajstić information content (AvgIpc) is 3.18. The van der Waals surface area contributed by atoms with Gasteiger partial charge in [0.05, 0.1) is 12.2 Å². The van der Waals surface area contributed by atoms with E-state index < -0.39 is 0 Å². The highest BCUT2D eigenvalue weighted by molar-refractivity contribution is 5.85. The monoisotopic (exact) mass is 369 g/mol. The number of benzene rings is 1. The highest BCUT2D eigenvalue weighted by Gasteiger charge is 2.38. The maximum absolute atomic E-state index is 5.50. The Balaban J connectivity index is 0.00000144. The Kier molecular flexibility index (Phi) is 8.50. The number of rotatable bonds is 7. The molecule has 1 aliphatic rings. The van der Waals surface area contributed by atoms with E-state index in [-0.39, 0.29) is 24.8 Å². The summed E-state index contributed by atoms with van der Waals surface area (Å²) in [7, 11) is 0. The van der Waals surface area contributed by atoms with E-state index in [4.69, 9.17) is 10.2 Å². The molecule has 1 aromatic heterocycles. The third kappa shape index (κ3) is 5.35. The summed E-state index contributed by atoms with van der Waals surface area (Å²) in [5.41, 5.74) is 9.23.